The van der Waals surface area contributed by atoms with Crippen LogP contribution in [0.1, 0.15) is 30.8 Å². The number of rotatable bonds is 7. The number of fused-ring (bicyclic) bond motifs is 1. The van der Waals surface area contributed by atoms with Crippen molar-refractivity contribution in [1.29, 1.82) is 5.26 Å². The Kier molecular flexibility index (Phi) is 6.14. The highest BCUT2D eigenvalue weighted by molar-refractivity contribution is 5.91. The molecule has 4 heteroatoms. The average molecular weight is 407 g/mol. The van der Waals surface area contributed by atoms with Crippen molar-refractivity contribution in [2.75, 3.05) is 11.4 Å². The van der Waals surface area contributed by atoms with E-state index in [2.05, 4.69) is 77.9 Å². The highest BCUT2D eigenvalue weighted by Crippen LogP contribution is 2.24. The Hall–Kier alpha value is -3.84. The summed E-state index contributed by atoms with van der Waals surface area (Å²) >= 11 is 0. The summed E-state index contributed by atoms with van der Waals surface area (Å²) in [5.41, 5.74) is 5.99. The molecule has 1 aromatic heterocycles. The van der Waals surface area contributed by atoms with Crippen molar-refractivity contribution in [3.8, 4) is 6.07 Å². The fraction of sp³-hybridized carbons (Fsp3) is 0.185. The minimum atomic E-state index is 0.572. The van der Waals surface area contributed by atoms with Crippen molar-refractivity contribution in [1.82, 2.24) is 9.55 Å². The first-order valence-electron chi connectivity index (χ1n) is 10.7. The second kappa shape index (κ2) is 9.32. The van der Waals surface area contributed by atoms with E-state index in [0.29, 0.717) is 5.57 Å². The van der Waals surface area contributed by atoms with Crippen molar-refractivity contribution in [3.63, 3.8) is 0 Å². The lowest BCUT2D eigenvalue weighted by Crippen LogP contribution is -2.21. The molecular formula is C27H26N4. The second-order valence-electron chi connectivity index (χ2n) is 7.43. The molecule has 0 bridgehead atoms. The van der Waals surface area contributed by atoms with Crippen LogP contribution in [0.15, 0.2) is 78.9 Å². The Morgan fingerprint density at radius 1 is 0.968 bits per heavy atom. The topological polar surface area (TPSA) is 44.9 Å². The summed E-state index contributed by atoms with van der Waals surface area (Å²) in [4.78, 5) is 7.06. The number of imidazole rings is 1. The molecule has 0 amide bonds. The van der Waals surface area contributed by atoms with E-state index in [-0.39, 0.29) is 0 Å². The van der Waals surface area contributed by atoms with Gasteiger partial charge in [-0.1, -0.05) is 54.6 Å². The zero-order valence-corrected chi connectivity index (χ0v) is 18.0. The Morgan fingerprint density at radius 2 is 1.68 bits per heavy atom. The molecule has 4 rings (SSSR count). The van der Waals surface area contributed by atoms with Gasteiger partial charge >= 0.3 is 0 Å². The zero-order chi connectivity index (χ0) is 21.6. The van der Waals surface area contributed by atoms with E-state index in [1.165, 1.54) is 11.3 Å². The maximum absolute atomic E-state index is 9.85. The van der Waals surface area contributed by atoms with Crippen molar-refractivity contribution in [2.45, 2.75) is 26.9 Å². The lowest BCUT2D eigenvalue weighted by atomic mass is 10.1. The number of hydrogen-bond acceptors (Lipinski definition) is 3. The van der Waals surface area contributed by atoms with Gasteiger partial charge in [0.15, 0.2) is 5.82 Å². The average Bonchev–Trinajstić information content (AvgIpc) is 3.20. The molecule has 154 valence electrons. The van der Waals surface area contributed by atoms with Crippen LogP contribution in [-0.4, -0.2) is 16.1 Å². The summed E-state index contributed by atoms with van der Waals surface area (Å²) in [6, 6.07) is 29.2. The van der Waals surface area contributed by atoms with Crippen molar-refractivity contribution >= 4 is 28.4 Å². The highest BCUT2D eigenvalue weighted by atomic mass is 15.1. The summed E-state index contributed by atoms with van der Waals surface area (Å²) in [6.07, 6.45) is 1.92. The van der Waals surface area contributed by atoms with E-state index in [9.17, 15) is 5.26 Å². The summed E-state index contributed by atoms with van der Waals surface area (Å²) in [5.74, 6) is 0.717. The van der Waals surface area contributed by atoms with E-state index in [0.717, 1.165) is 42.1 Å². The molecule has 0 atom stereocenters. The normalized spacial score (nSPS) is 11.5. The predicted molar refractivity (Wildman–Crippen MR) is 128 cm³/mol. The summed E-state index contributed by atoms with van der Waals surface area (Å²) in [6.45, 7) is 6.80. The lowest BCUT2D eigenvalue weighted by Gasteiger charge is -2.23. The van der Waals surface area contributed by atoms with Crippen LogP contribution < -0.4 is 4.90 Å². The molecule has 0 radical (unpaired) electrons. The molecule has 0 fully saturated rings. The van der Waals surface area contributed by atoms with Gasteiger partial charge in [0.05, 0.1) is 16.6 Å². The van der Waals surface area contributed by atoms with E-state index in [1.807, 2.05) is 36.4 Å². The summed E-state index contributed by atoms with van der Waals surface area (Å²) in [7, 11) is 0. The van der Waals surface area contributed by atoms with Crippen LogP contribution in [0.25, 0.3) is 22.7 Å². The number of nitrogens with zero attached hydrogens (tertiary/aromatic N) is 4. The number of aryl methyl sites for hydroxylation is 1. The Labute approximate surface area is 183 Å². The van der Waals surface area contributed by atoms with E-state index in [4.69, 9.17) is 4.98 Å². The van der Waals surface area contributed by atoms with E-state index >= 15 is 0 Å². The lowest BCUT2D eigenvalue weighted by molar-refractivity contribution is 0.775. The monoisotopic (exact) mass is 406 g/mol. The number of nitriles is 1. The maximum Gasteiger partial charge on any atom is 0.151 e. The Bertz CT molecular complexity index is 1230. The molecular weight excluding hydrogens is 380 g/mol. The first kappa shape index (κ1) is 20.4. The largest absolute Gasteiger partial charge is 0.367 e. The molecule has 0 unspecified atom stereocenters. The molecule has 0 spiro atoms. The third kappa shape index (κ3) is 4.36. The van der Waals surface area contributed by atoms with Gasteiger partial charge in [0, 0.05) is 25.3 Å². The molecule has 0 aliphatic rings. The standard InChI is InChI=1S/C27H26N4/c1-3-30(20-22-10-6-5-7-11-22)24-16-14-21(15-17-24)18-23(19-28)27-29-25-12-8-9-13-26(25)31(27)4-2/h5-18H,3-4,20H2,1-2H3/b23-18-. The van der Waals surface area contributed by atoms with Gasteiger partial charge in [-0.3, -0.25) is 0 Å². The van der Waals surface area contributed by atoms with Crippen molar-refractivity contribution in [3.05, 3.63) is 95.8 Å². The summed E-state index contributed by atoms with van der Waals surface area (Å²) in [5, 5.41) is 9.85. The molecule has 0 N–H and O–H groups in total. The number of hydrogen-bond donors (Lipinski definition) is 0. The van der Waals surface area contributed by atoms with Crippen LogP contribution in [0.2, 0.25) is 0 Å². The minimum Gasteiger partial charge on any atom is -0.367 e. The number of anilines is 1. The van der Waals surface area contributed by atoms with Crippen LogP contribution in [0.4, 0.5) is 5.69 Å². The van der Waals surface area contributed by atoms with Crippen LogP contribution in [0.5, 0.6) is 0 Å². The van der Waals surface area contributed by atoms with Crippen LogP contribution in [0.3, 0.4) is 0 Å². The SMILES string of the molecule is CCN(Cc1ccccc1)c1ccc(/C=C(/C#N)c2nc3ccccc3n2CC)cc1. The van der Waals surface area contributed by atoms with E-state index < -0.39 is 0 Å². The van der Waals surface area contributed by atoms with Crippen LogP contribution >= 0.6 is 0 Å². The first-order valence-corrected chi connectivity index (χ1v) is 10.7. The molecule has 0 aliphatic heterocycles. The van der Waals surface area contributed by atoms with Gasteiger partial charge in [-0.2, -0.15) is 5.26 Å². The van der Waals surface area contributed by atoms with Crippen molar-refractivity contribution < 1.29 is 0 Å². The van der Waals surface area contributed by atoms with Crippen LogP contribution in [-0.2, 0) is 13.1 Å². The predicted octanol–water partition coefficient (Wildman–Crippen LogP) is 6.15. The third-order valence-electron chi connectivity index (χ3n) is 5.50. The Balaban J connectivity index is 1.62. The first-order chi connectivity index (χ1) is 15.2. The molecule has 1 heterocycles. The maximum atomic E-state index is 9.85. The number of aromatic nitrogens is 2. The number of allylic oxidation sites excluding steroid dienone is 1. The number of para-hydroxylation sites is 2. The van der Waals surface area contributed by atoms with Gasteiger partial charge < -0.3 is 9.47 Å². The minimum absolute atomic E-state index is 0.572. The van der Waals surface area contributed by atoms with Crippen LogP contribution in [0, 0.1) is 11.3 Å². The quantitative estimate of drug-likeness (QED) is 0.346. The molecule has 31 heavy (non-hydrogen) atoms. The third-order valence-corrected chi connectivity index (χ3v) is 5.50. The zero-order valence-electron chi connectivity index (χ0n) is 18.0. The van der Waals surface area contributed by atoms with Gasteiger partial charge in [-0.15, -0.1) is 0 Å². The second-order valence-corrected chi connectivity index (χ2v) is 7.43. The van der Waals surface area contributed by atoms with Crippen molar-refractivity contribution in [2.24, 2.45) is 0 Å². The molecule has 4 aromatic rings. The summed E-state index contributed by atoms with van der Waals surface area (Å²) < 4.78 is 2.09. The Morgan fingerprint density at radius 3 is 2.35 bits per heavy atom. The highest BCUT2D eigenvalue weighted by Gasteiger charge is 2.13. The van der Waals surface area contributed by atoms with Gasteiger partial charge in [-0.25, -0.2) is 4.98 Å². The van der Waals surface area contributed by atoms with Gasteiger partial charge in [0.2, 0.25) is 0 Å². The molecule has 3 aromatic carbocycles. The molecule has 0 aliphatic carbocycles. The van der Waals surface area contributed by atoms with Gasteiger partial charge in [-0.05, 0) is 55.3 Å². The molecule has 4 nitrogen and oxygen atoms in total. The number of benzene rings is 3. The van der Waals surface area contributed by atoms with E-state index in [1.54, 1.807) is 0 Å². The van der Waals surface area contributed by atoms with Gasteiger partial charge in [0.25, 0.3) is 0 Å². The smallest absolute Gasteiger partial charge is 0.151 e. The molecule has 0 saturated heterocycles. The fourth-order valence-electron chi connectivity index (χ4n) is 3.89. The molecule has 0 saturated carbocycles. The van der Waals surface area contributed by atoms with Gasteiger partial charge in [0.1, 0.15) is 6.07 Å². The fourth-order valence-corrected chi connectivity index (χ4v) is 3.89.